The lowest BCUT2D eigenvalue weighted by molar-refractivity contribution is 0.0595. The van der Waals surface area contributed by atoms with Crippen molar-refractivity contribution >= 4 is 11.7 Å². The first kappa shape index (κ1) is 11.5. The van der Waals surface area contributed by atoms with Crippen LogP contribution in [0.15, 0.2) is 6.07 Å². The molecule has 0 unspecified atom stereocenters. The second-order valence-electron chi connectivity index (χ2n) is 3.52. The molecule has 0 aliphatic carbocycles. The first-order valence-corrected chi connectivity index (χ1v) is 5.11. The molecule has 0 saturated heterocycles. The molecule has 0 saturated carbocycles. The van der Waals surface area contributed by atoms with Gasteiger partial charge in [0.25, 0.3) is 0 Å². The van der Waals surface area contributed by atoms with Crippen LogP contribution >= 0.6 is 0 Å². The smallest absolute Gasteiger partial charge is 0.341 e. The van der Waals surface area contributed by atoms with Crippen molar-refractivity contribution < 1.29 is 23.4 Å². The molecule has 2 rings (SSSR count). The number of benzene rings is 1. The summed E-state index contributed by atoms with van der Waals surface area (Å²) in [5, 5.41) is 0. The summed E-state index contributed by atoms with van der Waals surface area (Å²) in [6.07, 6.45) is 0.635. The molecule has 1 aliphatic heterocycles. The van der Waals surface area contributed by atoms with Crippen LogP contribution in [0.5, 0.6) is 11.5 Å². The third-order valence-electron chi connectivity index (χ3n) is 2.41. The Hall–Kier alpha value is -1.98. The Kier molecular flexibility index (Phi) is 3.03. The summed E-state index contributed by atoms with van der Waals surface area (Å²) < 4.78 is 28.7. The molecule has 0 atom stereocenters. The minimum Gasteiger partial charge on any atom is -0.489 e. The van der Waals surface area contributed by atoms with E-state index in [1.54, 1.807) is 0 Å². The van der Waals surface area contributed by atoms with E-state index in [1.807, 2.05) is 0 Å². The molecule has 17 heavy (non-hydrogen) atoms. The van der Waals surface area contributed by atoms with Crippen molar-refractivity contribution in [3.63, 3.8) is 0 Å². The van der Waals surface area contributed by atoms with E-state index in [0.29, 0.717) is 19.6 Å². The number of fused-ring (bicyclic) bond motifs is 1. The molecule has 1 aliphatic rings. The molecule has 0 bridgehead atoms. The van der Waals surface area contributed by atoms with E-state index < -0.39 is 11.8 Å². The van der Waals surface area contributed by atoms with Crippen LogP contribution in [0.1, 0.15) is 16.8 Å². The number of rotatable bonds is 1. The van der Waals surface area contributed by atoms with E-state index in [2.05, 4.69) is 4.74 Å². The molecule has 0 amide bonds. The minimum atomic E-state index is -0.727. The van der Waals surface area contributed by atoms with Gasteiger partial charge in [0.1, 0.15) is 11.3 Å². The van der Waals surface area contributed by atoms with Crippen LogP contribution in [-0.2, 0) is 4.74 Å². The largest absolute Gasteiger partial charge is 0.489 e. The van der Waals surface area contributed by atoms with Crippen molar-refractivity contribution in [1.82, 2.24) is 0 Å². The number of methoxy groups -OCH3 is 1. The number of hydrogen-bond donors (Lipinski definition) is 1. The molecule has 1 aromatic rings. The molecular weight excluding hydrogens is 229 g/mol. The zero-order chi connectivity index (χ0) is 12.4. The molecule has 0 aromatic heterocycles. The standard InChI is InChI=1S/C11H12FNO4/c1-15-11(14)6-5-7(12)8(13)10-9(6)16-3-2-4-17-10/h5H,2-4,13H2,1H3. The highest BCUT2D eigenvalue weighted by atomic mass is 19.1. The number of carbonyl (C=O) groups excluding carboxylic acids is 1. The van der Waals surface area contributed by atoms with Gasteiger partial charge < -0.3 is 19.9 Å². The van der Waals surface area contributed by atoms with Gasteiger partial charge in [0, 0.05) is 6.42 Å². The second kappa shape index (κ2) is 4.48. The maximum atomic E-state index is 13.5. The number of nitrogens with two attached hydrogens (primary N) is 1. The first-order chi connectivity index (χ1) is 8.15. The number of hydrogen-bond acceptors (Lipinski definition) is 5. The van der Waals surface area contributed by atoms with Gasteiger partial charge in [-0.1, -0.05) is 0 Å². The fraction of sp³-hybridized carbons (Fsp3) is 0.364. The number of halogens is 1. The lowest BCUT2D eigenvalue weighted by Gasteiger charge is -2.13. The summed E-state index contributed by atoms with van der Waals surface area (Å²) in [5.74, 6) is -1.20. The summed E-state index contributed by atoms with van der Waals surface area (Å²) in [6, 6.07) is 0.995. The Morgan fingerprint density at radius 1 is 1.41 bits per heavy atom. The molecule has 0 radical (unpaired) electrons. The van der Waals surface area contributed by atoms with Gasteiger partial charge >= 0.3 is 5.97 Å². The third kappa shape index (κ3) is 1.98. The van der Waals surface area contributed by atoms with Crippen molar-refractivity contribution in [3.8, 4) is 11.5 Å². The van der Waals surface area contributed by atoms with E-state index in [-0.39, 0.29) is 22.7 Å². The highest BCUT2D eigenvalue weighted by Crippen LogP contribution is 2.40. The van der Waals surface area contributed by atoms with Crippen LogP contribution in [0.25, 0.3) is 0 Å². The van der Waals surface area contributed by atoms with Crippen LogP contribution in [0, 0.1) is 5.82 Å². The summed E-state index contributed by atoms with van der Waals surface area (Å²) in [4.78, 5) is 11.5. The number of ether oxygens (including phenoxy) is 3. The van der Waals surface area contributed by atoms with Gasteiger partial charge in [0.05, 0.1) is 20.3 Å². The van der Waals surface area contributed by atoms with E-state index >= 15 is 0 Å². The summed E-state index contributed by atoms with van der Waals surface area (Å²) in [5.41, 5.74) is 5.38. The van der Waals surface area contributed by atoms with Crippen molar-refractivity contribution in [1.29, 1.82) is 0 Å². The van der Waals surface area contributed by atoms with E-state index in [1.165, 1.54) is 7.11 Å². The summed E-state index contributed by atoms with van der Waals surface area (Å²) in [7, 11) is 1.21. The van der Waals surface area contributed by atoms with Crippen LogP contribution in [0.2, 0.25) is 0 Å². The maximum Gasteiger partial charge on any atom is 0.341 e. The number of esters is 1. The van der Waals surface area contributed by atoms with Crippen molar-refractivity contribution in [2.45, 2.75) is 6.42 Å². The molecule has 1 heterocycles. The Bertz CT molecular complexity index is 461. The molecule has 6 heteroatoms. The second-order valence-corrected chi connectivity index (χ2v) is 3.52. The van der Waals surface area contributed by atoms with Gasteiger partial charge in [0.15, 0.2) is 17.3 Å². The average Bonchev–Trinajstić information content (AvgIpc) is 2.58. The lowest BCUT2D eigenvalue weighted by Crippen LogP contribution is -2.08. The predicted octanol–water partition coefficient (Wildman–Crippen LogP) is 1.36. The molecular formula is C11H12FNO4. The van der Waals surface area contributed by atoms with Crippen LogP contribution in [-0.4, -0.2) is 26.3 Å². The first-order valence-electron chi connectivity index (χ1n) is 5.11. The zero-order valence-corrected chi connectivity index (χ0v) is 9.29. The average molecular weight is 241 g/mol. The number of nitrogen functional groups attached to an aromatic ring is 1. The van der Waals surface area contributed by atoms with Gasteiger partial charge in [0.2, 0.25) is 0 Å². The molecule has 92 valence electrons. The summed E-state index contributed by atoms with van der Waals surface area (Å²) >= 11 is 0. The van der Waals surface area contributed by atoms with Crippen LogP contribution in [0.4, 0.5) is 10.1 Å². The van der Waals surface area contributed by atoms with Gasteiger partial charge in [-0.05, 0) is 6.07 Å². The monoisotopic (exact) mass is 241 g/mol. The maximum absolute atomic E-state index is 13.5. The molecule has 0 fully saturated rings. The fourth-order valence-electron chi connectivity index (χ4n) is 1.58. The summed E-state index contributed by atoms with van der Waals surface area (Å²) in [6.45, 7) is 0.739. The quantitative estimate of drug-likeness (QED) is 0.593. The van der Waals surface area contributed by atoms with E-state index in [0.717, 1.165) is 6.07 Å². The highest BCUT2D eigenvalue weighted by Gasteiger charge is 2.25. The van der Waals surface area contributed by atoms with Crippen molar-refractivity contribution in [2.75, 3.05) is 26.1 Å². The molecule has 1 aromatic carbocycles. The topological polar surface area (TPSA) is 70.8 Å². The highest BCUT2D eigenvalue weighted by molar-refractivity contribution is 5.95. The zero-order valence-electron chi connectivity index (χ0n) is 9.29. The Morgan fingerprint density at radius 3 is 2.71 bits per heavy atom. The van der Waals surface area contributed by atoms with E-state index in [9.17, 15) is 9.18 Å². The Morgan fingerprint density at radius 2 is 2.06 bits per heavy atom. The van der Waals surface area contributed by atoms with Crippen molar-refractivity contribution in [3.05, 3.63) is 17.4 Å². The van der Waals surface area contributed by atoms with Gasteiger partial charge in [-0.2, -0.15) is 0 Å². The SMILES string of the molecule is COC(=O)c1cc(F)c(N)c2c1OCCCO2. The molecule has 0 spiro atoms. The Balaban J connectivity index is 2.60. The fourth-order valence-corrected chi connectivity index (χ4v) is 1.58. The van der Waals surface area contributed by atoms with Gasteiger partial charge in [-0.15, -0.1) is 0 Å². The van der Waals surface area contributed by atoms with Gasteiger partial charge in [-0.25, -0.2) is 9.18 Å². The van der Waals surface area contributed by atoms with Crippen LogP contribution in [0.3, 0.4) is 0 Å². The van der Waals surface area contributed by atoms with Crippen molar-refractivity contribution in [2.24, 2.45) is 0 Å². The van der Waals surface area contributed by atoms with Crippen LogP contribution < -0.4 is 15.2 Å². The number of carbonyl (C=O) groups is 1. The predicted molar refractivity (Wildman–Crippen MR) is 57.8 cm³/mol. The van der Waals surface area contributed by atoms with E-state index in [4.69, 9.17) is 15.2 Å². The Labute approximate surface area is 97.3 Å². The lowest BCUT2D eigenvalue weighted by atomic mass is 10.1. The third-order valence-corrected chi connectivity index (χ3v) is 2.41. The number of anilines is 1. The molecule has 5 nitrogen and oxygen atoms in total. The normalized spacial score (nSPS) is 14.0. The van der Waals surface area contributed by atoms with Gasteiger partial charge in [-0.3, -0.25) is 0 Å². The minimum absolute atomic E-state index is 0.0175. The molecule has 2 N–H and O–H groups in total.